The summed E-state index contributed by atoms with van der Waals surface area (Å²) in [5.74, 6) is 0. The van der Waals surface area contributed by atoms with Crippen molar-refractivity contribution < 1.29 is 37.8 Å². The Morgan fingerprint density at radius 2 is 0.833 bits per heavy atom. The van der Waals surface area contributed by atoms with E-state index >= 15 is 0 Å². The molecule has 10 heteroatoms. The van der Waals surface area contributed by atoms with E-state index in [4.69, 9.17) is 19.6 Å². The van der Waals surface area contributed by atoms with Gasteiger partial charge in [-0.25, -0.2) is 9.13 Å². The van der Waals surface area contributed by atoms with Crippen LogP contribution in [0.2, 0.25) is 0 Å². The molecular formula is C8H22O8P2. The third-order valence-corrected chi connectivity index (χ3v) is 2.36. The van der Waals surface area contributed by atoms with Gasteiger partial charge in [-0.05, 0) is 41.5 Å². The molecule has 0 aliphatic carbocycles. The first-order chi connectivity index (χ1) is 7.41. The van der Waals surface area contributed by atoms with Crippen LogP contribution >= 0.6 is 15.6 Å². The van der Waals surface area contributed by atoms with E-state index in [9.17, 15) is 9.13 Å². The molecule has 0 bridgehead atoms. The van der Waals surface area contributed by atoms with Crippen LogP contribution in [-0.2, 0) is 18.2 Å². The molecule has 0 amide bonds. The maximum Gasteiger partial charge on any atom is 0.470 e. The smallest absolute Gasteiger partial charge is 0.303 e. The molecular weight excluding hydrogens is 286 g/mol. The minimum atomic E-state index is -4.29. The van der Waals surface area contributed by atoms with Gasteiger partial charge in [0.05, 0.1) is 11.2 Å². The van der Waals surface area contributed by atoms with Crippen LogP contribution in [0.4, 0.5) is 0 Å². The van der Waals surface area contributed by atoms with Crippen molar-refractivity contribution in [1.29, 1.82) is 0 Å². The van der Waals surface area contributed by atoms with Gasteiger partial charge >= 0.3 is 15.6 Å². The molecule has 18 heavy (non-hydrogen) atoms. The molecule has 4 N–H and O–H groups in total. The maximum atomic E-state index is 10.1. The van der Waals surface area contributed by atoms with Gasteiger partial charge in [0, 0.05) is 0 Å². The molecule has 0 aromatic heterocycles. The van der Waals surface area contributed by atoms with Gasteiger partial charge in [0.15, 0.2) is 0 Å². The average Bonchev–Trinajstić information content (AvgIpc) is 1.64. The third kappa shape index (κ3) is 25.2. The Balaban J connectivity index is 0. The van der Waals surface area contributed by atoms with E-state index in [1.807, 2.05) is 0 Å². The van der Waals surface area contributed by atoms with Crippen LogP contribution in [0.25, 0.3) is 0 Å². The van der Waals surface area contributed by atoms with E-state index in [0.29, 0.717) is 0 Å². The first-order valence-electron chi connectivity index (χ1n) is 4.94. The molecule has 0 aliphatic heterocycles. The van der Waals surface area contributed by atoms with Gasteiger partial charge in [-0.2, -0.15) is 0 Å². The number of hydrogen-bond donors (Lipinski definition) is 4. The second kappa shape index (κ2) is 6.59. The third-order valence-electron chi connectivity index (χ3n) is 0.786. The second-order valence-electron chi connectivity index (χ2n) is 5.39. The summed E-state index contributed by atoms with van der Waals surface area (Å²) in [6, 6.07) is 0. The lowest BCUT2D eigenvalue weighted by Gasteiger charge is -2.19. The van der Waals surface area contributed by atoms with Crippen molar-refractivity contribution in [3.05, 3.63) is 0 Å². The predicted octanol–water partition coefficient (Wildman–Crippen LogP) is 1.79. The number of rotatable bonds is 2. The van der Waals surface area contributed by atoms with Crippen molar-refractivity contribution in [3.8, 4) is 0 Å². The minimum absolute atomic E-state index is 0.779. The summed E-state index contributed by atoms with van der Waals surface area (Å²) in [6.45, 7) is 9.45. The molecule has 0 rings (SSSR count). The van der Waals surface area contributed by atoms with Gasteiger partial charge in [-0.3, -0.25) is 9.05 Å². The highest BCUT2D eigenvalue weighted by molar-refractivity contribution is 7.46. The van der Waals surface area contributed by atoms with E-state index in [1.165, 1.54) is 0 Å². The van der Waals surface area contributed by atoms with Gasteiger partial charge < -0.3 is 19.6 Å². The highest BCUT2D eigenvalue weighted by Crippen LogP contribution is 2.41. The van der Waals surface area contributed by atoms with Crippen molar-refractivity contribution in [2.24, 2.45) is 0 Å². The van der Waals surface area contributed by atoms with Crippen LogP contribution in [-0.4, -0.2) is 30.8 Å². The molecule has 112 valence electrons. The van der Waals surface area contributed by atoms with Crippen molar-refractivity contribution >= 4 is 15.6 Å². The Labute approximate surface area is 107 Å². The summed E-state index contributed by atoms with van der Waals surface area (Å²) in [5, 5.41) is 0. The largest absolute Gasteiger partial charge is 0.470 e. The van der Waals surface area contributed by atoms with Crippen LogP contribution in [0, 0.1) is 0 Å². The fourth-order valence-electron chi connectivity index (χ4n) is 0.714. The normalized spacial score (nSPS) is 13.9. The summed E-state index contributed by atoms with van der Waals surface area (Å²) >= 11 is 0. The molecule has 8 nitrogen and oxygen atoms in total. The summed E-state index contributed by atoms with van der Waals surface area (Å²) in [6.07, 6.45) is 0. The summed E-state index contributed by atoms with van der Waals surface area (Å²) in [4.78, 5) is 33.0. The van der Waals surface area contributed by atoms with Crippen LogP contribution in [0.3, 0.4) is 0 Å². The van der Waals surface area contributed by atoms with Crippen LogP contribution in [0.1, 0.15) is 41.5 Å². The molecule has 0 saturated heterocycles. The second-order valence-corrected chi connectivity index (χ2v) is 7.72. The summed E-state index contributed by atoms with van der Waals surface area (Å²) < 4.78 is 28.8. The van der Waals surface area contributed by atoms with Crippen molar-refractivity contribution in [1.82, 2.24) is 0 Å². The summed E-state index contributed by atoms with van der Waals surface area (Å²) in [7, 11) is -8.57. The lowest BCUT2D eigenvalue weighted by atomic mass is 10.2. The maximum absolute atomic E-state index is 10.1. The fourth-order valence-corrected chi connectivity index (χ4v) is 2.14. The SMILES string of the molecule is CC(C)(C)OP(=O)(O)O.CC(C)(C)OP(=O)(O)O. The minimum Gasteiger partial charge on any atom is -0.303 e. The molecule has 0 aromatic rings. The standard InChI is InChI=1S/2C4H11O4P/c2*1-4(2,3)8-9(5,6)7/h2*1-3H3,(H2,5,6,7). The van der Waals surface area contributed by atoms with E-state index in [0.717, 1.165) is 0 Å². The zero-order chi connectivity index (χ0) is 15.4. The average molecular weight is 308 g/mol. The molecule has 0 aromatic carbocycles. The molecule has 0 unspecified atom stereocenters. The number of phosphoric ester groups is 2. The van der Waals surface area contributed by atoms with E-state index < -0.39 is 26.8 Å². The van der Waals surface area contributed by atoms with Gasteiger partial charge in [0.2, 0.25) is 0 Å². The van der Waals surface area contributed by atoms with Crippen molar-refractivity contribution in [2.75, 3.05) is 0 Å². The zero-order valence-electron chi connectivity index (χ0n) is 11.3. The quantitative estimate of drug-likeness (QED) is 0.567. The number of phosphoric acid groups is 2. The van der Waals surface area contributed by atoms with Crippen LogP contribution < -0.4 is 0 Å². The van der Waals surface area contributed by atoms with Crippen molar-refractivity contribution in [3.63, 3.8) is 0 Å². The fraction of sp³-hybridized carbons (Fsp3) is 1.00. The Hall–Kier alpha value is 0.220. The van der Waals surface area contributed by atoms with E-state index in [2.05, 4.69) is 9.05 Å². The Morgan fingerprint density at radius 1 is 0.667 bits per heavy atom. The molecule has 0 saturated carbocycles. The molecule has 0 spiro atoms. The molecule has 0 heterocycles. The van der Waals surface area contributed by atoms with Crippen molar-refractivity contribution in [2.45, 2.75) is 52.7 Å². The molecule has 0 atom stereocenters. The Morgan fingerprint density at radius 3 is 0.833 bits per heavy atom. The predicted molar refractivity (Wildman–Crippen MR) is 65.8 cm³/mol. The lowest BCUT2D eigenvalue weighted by molar-refractivity contribution is 0.0792. The van der Waals surface area contributed by atoms with E-state index in [-0.39, 0.29) is 0 Å². The van der Waals surface area contributed by atoms with E-state index in [1.54, 1.807) is 41.5 Å². The van der Waals surface area contributed by atoms with Gasteiger partial charge in [0.25, 0.3) is 0 Å². The number of hydrogen-bond acceptors (Lipinski definition) is 4. The highest BCUT2D eigenvalue weighted by atomic mass is 31.2. The van der Waals surface area contributed by atoms with Gasteiger partial charge in [-0.1, -0.05) is 0 Å². The van der Waals surface area contributed by atoms with Gasteiger partial charge in [-0.15, -0.1) is 0 Å². The van der Waals surface area contributed by atoms with Gasteiger partial charge in [0.1, 0.15) is 0 Å². The van der Waals surface area contributed by atoms with Crippen LogP contribution in [0.15, 0.2) is 0 Å². The first kappa shape index (κ1) is 20.5. The summed E-state index contributed by atoms with van der Waals surface area (Å²) in [5.41, 5.74) is -1.56. The Kier molecular flexibility index (Phi) is 7.52. The Bertz CT molecular complexity index is 294. The molecule has 0 fully saturated rings. The highest BCUT2D eigenvalue weighted by Gasteiger charge is 2.24. The monoisotopic (exact) mass is 308 g/mol. The topological polar surface area (TPSA) is 134 Å². The molecule has 0 radical (unpaired) electrons. The zero-order valence-corrected chi connectivity index (χ0v) is 13.1. The van der Waals surface area contributed by atoms with Crippen LogP contribution in [0.5, 0.6) is 0 Å². The molecule has 0 aliphatic rings. The first-order valence-corrected chi connectivity index (χ1v) is 8.00. The lowest BCUT2D eigenvalue weighted by Crippen LogP contribution is -2.16.